The highest BCUT2D eigenvalue weighted by Crippen LogP contribution is 2.53. The number of hydrogen-bond donors (Lipinski definition) is 2. The zero-order valence-electron chi connectivity index (χ0n) is 27.6. The first kappa shape index (κ1) is 33.2. The van der Waals surface area contributed by atoms with E-state index in [0.29, 0.717) is 31.9 Å². The van der Waals surface area contributed by atoms with Gasteiger partial charge in [0.15, 0.2) is 11.3 Å². The highest BCUT2D eigenvalue weighted by atomic mass is 16.5. The number of nitrogens with zero attached hydrogens (tertiary/aromatic N) is 3. The van der Waals surface area contributed by atoms with Crippen LogP contribution in [-0.4, -0.2) is 89.8 Å². The van der Waals surface area contributed by atoms with Crippen molar-refractivity contribution in [2.24, 2.45) is 5.92 Å². The van der Waals surface area contributed by atoms with E-state index in [1.165, 1.54) is 18.1 Å². The Balaban J connectivity index is 1.61. The van der Waals surface area contributed by atoms with Crippen molar-refractivity contribution in [3.8, 4) is 11.5 Å². The number of para-hydroxylation sites is 1. The van der Waals surface area contributed by atoms with Gasteiger partial charge in [-0.25, -0.2) is 0 Å². The molecule has 0 aromatic heterocycles. The Morgan fingerprint density at radius 3 is 2.15 bits per heavy atom. The molecule has 2 heterocycles. The van der Waals surface area contributed by atoms with Crippen molar-refractivity contribution < 1.29 is 29.0 Å². The van der Waals surface area contributed by atoms with E-state index in [1.807, 2.05) is 0 Å². The van der Waals surface area contributed by atoms with Gasteiger partial charge in [-0.05, 0) is 49.7 Å². The van der Waals surface area contributed by atoms with Crippen LogP contribution in [0.3, 0.4) is 0 Å². The SMILES string of the molecule is CCN1CCN(C(=O)C2C(=O)N(c3ccc(OC)cc3)C(C(=O)NC3CCCCC3)(C(=O)c3ccccc3)C2c2ccccc2O)CC1. The Hall–Kier alpha value is -4.70. The number of likely N-dealkylation sites (N-methyl/N-ethyl adjacent to an activating group) is 1. The number of benzene rings is 3. The number of hydrogen-bond acceptors (Lipinski definition) is 7. The molecule has 1 aliphatic carbocycles. The van der Waals surface area contributed by atoms with Gasteiger partial charge in [0.05, 0.1) is 7.11 Å². The third-order valence-electron chi connectivity index (χ3n) is 10.3. The van der Waals surface area contributed by atoms with Gasteiger partial charge in [0.25, 0.3) is 5.91 Å². The quantitative estimate of drug-likeness (QED) is 0.260. The second kappa shape index (κ2) is 14.2. The van der Waals surface area contributed by atoms with Crippen LogP contribution in [0, 0.1) is 5.92 Å². The second-order valence-corrected chi connectivity index (χ2v) is 12.9. The first-order chi connectivity index (χ1) is 23.3. The van der Waals surface area contributed by atoms with Crippen molar-refractivity contribution in [3.63, 3.8) is 0 Å². The van der Waals surface area contributed by atoms with Crippen molar-refractivity contribution >= 4 is 29.2 Å². The minimum Gasteiger partial charge on any atom is -0.508 e. The molecule has 2 N–H and O–H groups in total. The average molecular weight is 653 g/mol. The summed E-state index contributed by atoms with van der Waals surface area (Å²) in [6.07, 6.45) is 4.39. The van der Waals surface area contributed by atoms with Gasteiger partial charge in [-0.2, -0.15) is 0 Å². The van der Waals surface area contributed by atoms with E-state index in [9.17, 15) is 9.90 Å². The number of aromatic hydroxyl groups is 1. The Bertz CT molecular complexity index is 1630. The minimum atomic E-state index is -2.26. The fourth-order valence-electron chi connectivity index (χ4n) is 7.72. The molecule has 1 saturated carbocycles. The third-order valence-corrected chi connectivity index (χ3v) is 10.3. The summed E-state index contributed by atoms with van der Waals surface area (Å²) in [6, 6.07) is 21.2. The number of ether oxygens (including phenoxy) is 1. The summed E-state index contributed by atoms with van der Waals surface area (Å²) >= 11 is 0. The molecule has 48 heavy (non-hydrogen) atoms. The summed E-state index contributed by atoms with van der Waals surface area (Å²) in [5.74, 6) is -4.90. The summed E-state index contributed by atoms with van der Waals surface area (Å²) in [7, 11) is 1.53. The summed E-state index contributed by atoms with van der Waals surface area (Å²) in [5.41, 5.74) is -1.58. The topological polar surface area (TPSA) is 119 Å². The molecular formula is C38H44N4O6. The van der Waals surface area contributed by atoms with E-state index in [2.05, 4.69) is 17.1 Å². The number of phenolic OH excluding ortho intramolecular Hbond substituents is 1. The van der Waals surface area contributed by atoms with Gasteiger partial charge in [-0.3, -0.25) is 24.1 Å². The Labute approximate surface area is 281 Å². The van der Waals surface area contributed by atoms with E-state index < -0.39 is 40.9 Å². The zero-order valence-corrected chi connectivity index (χ0v) is 27.6. The standard InChI is InChI=1S/C38H44N4O6/c1-3-40-22-24-41(25-23-40)35(45)32-33(30-16-10-11-17-31(30)43)38(34(44)26-12-6-4-7-13-26,37(47)39-27-14-8-5-9-15-27)42(36(32)46)28-18-20-29(48-2)21-19-28/h4,6-7,10-13,16-21,27,32-33,43H,3,5,8-9,14-15,22-25H2,1-2H3,(H,39,47). The van der Waals surface area contributed by atoms with E-state index >= 15 is 14.4 Å². The summed E-state index contributed by atoms with van der Waals surface area (Å²) in [6.45, 7) is 4.99. The lowest BCUT2D eigenvalue weighted by Crippen LogP contribution is -2.65. The van der Waals surface area contributed by atoms with Crippen LogP contribution in [0.1, 0.15) is 60.9 Å². The van der Waals surface area contributed by atoms with Crippen LogP contribution in [0.15, 0.2) is 78.9 Å². The molecule has 3 aliphatic rings. The van der Waals surface area contributed by atoms with Crippen molar-refractivity contribution in [1.82, 2.24) is 15.1 Å². The lowest BCUT2D eigenvalue weighted by molar-refractivity contribution is -0.141. The van der Waals surface area contributed by atoms with E-state index in [4.69, 9.17) is 4.74 Å². The van der Waals surface area contributed by atoms with Crippen LogP contribution < -0.4 is 15.0 Å². The highest BCUT2D eigenvalue weighted by molar-refractivity contribution is 6.30. The molecule has 3 fully saturated rings. The number of Topliss-reactive ketones (excluding diaryl/α,β-unsaturated/α-hetero) is 1. The fourth-order valence-corrected chi connectivity index (χ4v) is 7.72. The summed E-state index contributed by atoms with van der Waals surface area (Å²) in [5, 5.41) is 14.6. The molecule has 2 saturated heterocycles. The van der Waals surface area contributed by atoms with Crippen molar-refractivity contribution in [3.05, 3.63) is 90.0 Å². The normalized spacial score (nSPS) is 23.6. The van der Waals surface area contributed by atoms with Gasteiger partial charge < -0.3 is 25.0 Å². The van der Waals surface area contributed by atoms with Gasteiger partial charge in [-0.15, -0.1) is 0 Å². The molecule has 0 bridgehead atoms. The first-order valence-electron chi connectivity index (χ1n) is 17.0. The molecule has 0 spiro atoms. The zero-order chi connectivity index (χ0) is 33.8. The smallest absolute Gasteiger partial charge is 0.255 e. The lowest BCUT2D eigenvalue weighted by Gasteiger charge is -2.41. The maximum Gasteiger partial charge on any atom is 0.255 e. The number of piperazine rings is 1. The Morgan fingerprint density at radius 1 is 0.875 bits per heavy atom. The van der Waals surface area contributed by atoms with Crippen molar-refractivity contribution in [2.45, 2.75) is 56.5 Å². The number of carbonyl (C=O) groups is 4. The van der Waals surface area contributed by atoms with Gasteiger partial charge in [0.2, 0.25) is 11.8 Å². The fraction of sp³-hybridized carbons (Fsp3) is 0.421. The van der Waals surface area contributed by atoms with Gasteiger partial charge in [-0.1, -0.05) is 74.7 Å². The molecule has 10 heteroatoms. The molecule has 3 unspecified atom stereocenters. The maximum absolute atomic E-state index is 15.3. The Kier molecular flexibility index (Phi) is 9.82. The number of phenols is 1. The van der Waals surface area contributed by atoms with Gasteiger partial charge in [0, 0.05) is 55.0 Å². The monoisotopic (exact) mass is 652 g/mol. The van der Waals surface area contributed by atoms with E-state index in [0.717, 1.165) is 38.6 Å². The number of carbonyl (C=O) groups excluding carboxylic acids is 4. The number of rotatable bonds is 9. The maximum atomic E-state index is 15.3. The molecule has 2 aliphatic heterocycles. The number of ketones is 1. The molecule has 10 nitrogen and oxygen atoms in total. The molecule has 3 aromatic rings. The third kappa shape index (κ3) is 5.94. The largest absolute Gasteiger partial charge is 0.508 e. The average Bonchev–Trinajstić information content (AvgIpc) is 3.41. The van der Waals surface area contributed by atoms with Crippen molar-refractivity contribution in [1.29, 1.82) is 0 Å². The highest BCUT2D eigenvalue weighted by Gasteiger charge is 2.70. The first-order valence-corrected chi connectivity index (χ1v) is 17.0. The van der Waals surface area contributed by atoms with Crippen LogP contribution >= 0.6 is 0 Å². The molecule has 0 radical (unpaired) electrons. The molecule has 6 rings (SSSR count). The predicted octanol–water partition coefficient (Wildman–Crippen LogP) is 4.38. The molecule has 3 aromatic carbocycles. The predicted molar refractivity (Wildman–Crippen MR) is 182 cm³/mol. The van der Waals surface area contributed by atoms with Gasteiger partial charge >= 0.3 is 0 Å². The number of anilines is 1. The summed E-state index contributed by atoms with van der Waals surface area (Å²) < 4.78 is 5.39. The molecule has 252 valence electrons. The van der Waals surface area contributed by atoms with Crippen molar-refractivity contribution in [2.75, 3.05) is 44.7 Å². The van der Waals surface area contributed by atoms with Crippen LogP contribution in [0.25, 0.3) is 0 Å². The molecule has 3 amide bonds. The van der Waals surface area contributed by atoms with Crippen LogP contribution in [0.2, 0.25) is 0 Å². The lowest BCUT2D eigenvalue weighted by atomic mass is 9.69. The van der Waals surface area contributed by atoms with Crippen LogP contribution in [-0.2, 0) is 14.4 Å². The summed E-state index contributed by atoms with van der Waals surface area (Å²) in [4.78, 5) is 65.6. The number of methoxy groups -OCH3 is 1. The Morgan fingerprint density at radius 2 is 1.52 bits per heavy atom. The number of amides is 3. The molecular weight excluding hydrogens is 608 g/mol. The second-order valence-electron chi connectivity index (χ2n) is 12.9. The number of nitrogens with one attached hydrogen (secondary N) is 1. The minimum absolute atomic E-state index is 0.190. The van der Waals surface area contributed by atoms with Crippen LogP contribution in [0.5, 0.6) is 11.5 Å². The van der Waals surface area contributed by atoms with E-state index in [-0.39, 0.29) is 28.6 Å². The van der Waals surface area contributed by atoms with E-state index in [1.54, 1.807) is 77.7 Å². The molecule has 3 atom stereocenters. The van der Waals surface area contributed by atoms with Crippen LogP contribution in [0.4, 0.5) is 5.69 Å². The van der Waals surface area contributed by atoms with Gasteiger partial charge in [0.1, 0.15) is 17.4 Å².